The van der Waals surface area contributed by atoms with Crippen LogP contribution in [0.5, 0.6) is 0 Å². The standard InChI is InChI=1S/C11H15N3O3/c15-10(14-6-3-12-9-14)13-4-1-11(2-5-13)16-7-8-17-11/h3,6,9H,1-2,4-5,7-8H2. The van der Waals surface area contributed by atoms with Crippen LogP contribution in [-0.4, -0.2) is 52.6 Å². The van der Waals surface area contributed by atoms with Gasteiger partial charge in [0.05, 0.1) is 13.2 Å². The van der Waals surface area contributed by atoms with Gasteiger partial charge in [-0.3, -0.25) is 4.57 Å². The van der Waals surface area contributed by atoms with E-state index in [1.54, 1.807) is 17.3 Å². The van der Waals surface area contributed by atoms with Gasteiger partial charge in [-0.2, -0.15) is 0 Å². The van der Waals surface area contributed by atoms with Gasteiger partial charge in [0.1, 0.15) is 6.33 Å². The fourth-order valence-corrected chi connectivity index (χ4v) is 2.36. The number of imidazole rings is 1. The second-order valence-corrected chi connectivity index (χ2v) is 4.35. The number of amides is 1. The summed E-state index contributed by atoms with van der Waals surface area (Å²) in [7, 11) is 0. The molecule has 17 heavy (non-hydrogen) atoms. The third-order valence-corrected chi connectivity index (χ3v) is 3.33. The summed E-state index contributed by atoms with van der Waals surface area (Å²) in [5.74, 6) is -0.425. The van der Waals surface area contributed by atoms with E-state index in [-0.39, 0.29) is 6.03 Å². The normalized spacial score (nSPS) is 23.2. The first-order chi connectivity index (χ1) is 8.29. The van der Waals surface area contributed by atoms with Crippen molar-refractivity contribution >= 4 is 6.03 Å². The van der Waals surface area contributed by atoms with Crippen molar-refractivity contribution in [3.8, 4) is 0 Å². The van der Waals surface area contributed by atoms with E-state index in [4.69, 9.17) is 9.47 Å². The van der Waals surface area contributed by atoms with Gasteiger partial charge in [-0.15, -0.1) is 0 Å². The van der Waals surface area contributed by atoms with E-state index in [0.29, 0.717) is 26.3 Å². The second kappa shape index (κ2) is 4.12. The number of aromatic nitrogens is 2. The Bertz CT molecular complexity index is 388. The SMILES string of the molecule is O=C(N1CCC2(CC1)OCCO2)n1ccnc1. The van der Waals surface area contributed by atoms with E-state index in [0.717, 1.165) is 12.8 Å². The lowest BCUT2D eigenvalue weighted by Crippen LogP contribution is -2.48. The number of nitrogens with zero attached hydrogens (tertiary/aromatic N) is 3. The smallest absolute Gasteiger partial charge is 0.329 e. The average molecular weight is 237 g/mol. The lowest BCUT2D eigenvalue weighted by atomic mass is 10.0. The Kier molecular flexibility index (Phi) is 2.60. The van der Waals surface area contributed by atoms with E-state index >= 15 is 0 Å². The molecule has 2 fully saturated rings. The Labute approximate surface area is 99.1 Å². The van der Waals surface area contributed by atoms with Gasteiger partial charge < -0.3 is 14.4 Å². The van der Waals surface area contributed by atoms with Crippen LogP contribution in [0.2, 0.25) is 0 Å². The van der Waals surface area contributed by atoms with E-state index in [9.17, 15) is 4.79 Å². The minimum absolute atomic E-state index is 0.0321. The number of piperidine rings is 1. The summed E-state index contributed by atoms with van der Waals surface area (Å²) in [4.78, 5) is 17.7. The number of carbonyl (C=O) groups excluding carboxylic acids is 1. The molecule has 1 spiro atoms. The molecule has 3 heterocycles. The lowest BCUT2D eigenvalue weighted by Gasteiger charge is -2.37. The summed E-state index contributed by atoms with van der Waals surface area (Å²) in [5, 5.41) is 0. The van der Waals surface area contributed by atoms with E-state index < -0.39 is 5.79 Å². The number of carbonyl (C=O) groups is 1. The highest BCUT2D eigenvalue weighted by molar-refractivity contribution is 5.76. The zero-order valence-corrected chi connectivity index (χ0v) is 9.54. The third kappa shape index (κ3) is 1.94. The molecule has 1 aromatic rings. The van der Waals surface area contributed by atoms with Crippen LogP contribution >= 0.6 is 0 Å². The maximum absolute atomic E-state index is 12.0. The van der Waals surface area contributed by atoms with Crippen molar-refractivity contribution in [3.63, 3.8) is 0 Å². The summed E-state index contributed by atoms with van der Waals surface area (Å²) in [6, 6.07) is -0.0321. The van der Waals surface area contributed by atoms with Crippen molar-refractivity contribution in [2.45, 2.75) is 18.6 Å². The fraction of sp³-hybridized carbons (Fsp3) is 0.636. The minimum atomic E-state index is -0.425. The Hall–Kier alpha value is -1.40. The summed E-state index contributed by atoms with van der Waals surface area (Å²) in [5.41, 5.74) is 0. The molecule has 0 aromatic carbocycles. The maximum Gasteiger partial charge on any atom is 0.329 e. The van der Waals surface area contributed by atoms with Crippen molar-refractivity contribution in [2.75, 3.05) is 26.3 Å². The predicted octanol–water partition coefficient (Wildman–Crippen LogP) is 0.690. The second-order valence-electron chi connectivity index (χ2n) is 4.35. The molecule has 2 saturated heterocycles. The summed E-state index contributed by atoms with van der Waals surface area (Å²) >= 11 is 0. The van der Waals surface area contributed by atoms with Gasteiger partial charge in [-0.25, -0.2) is 9.78 Å². The topological polar surface area (TPSA) is 56.6 Å². The van der Waals surface area contributed by atoms with Crippen LogP contribution in [-0.2, 0) is 9.47 Å². The van der Waals surface area contributed by atoms with Crippen LogP contribution in [0.25, 0.3) is 0 Å². The quantitative estimate of drug-likeness (QED) is 0.666. The predicted molar refractivity (Wildman–Crippen MR) is 58.5 cm³/mol. The lowest BCUT2D eigenvalue weighted by molar-refractivity contribution is -0.181. The van der Waals surface area contributed by atoms with Gasteiger partial charge in [-0.1, -0.05) is 0 Å². The molecule has 6 heteroatoms. The highest BCUT2D eigenvalue weighted by Crippen LogP contribution is 2.31. The van der Waals surface area contributed by atoms with Crippen molar-refractivity contribution in [2.24, 2.45) is 0 Å². The van der Waals surface area contributed by atoms with Gasteiger partial charge in [0, 0.05) is 38.3 Å². The number of likely N-dealkylation sites (tertiary alicyclic amines) is 1. The van der Waals surface area contributed by atoms with Crippen molar-refractivity contribution in [1.29, 1.82) is 0 Å². The third-order valence-electron chi connectivity index (χ3n) is 3.33. The molecule has 0 radical (unpaired) electrons. The van der Waals surface area contributed by atoms with E-state index in [2.05, 4.69) is 4.98 Å². The zero-order chi connectivity index (χ0) is 11.7. The van der Waals surface area contributed by atoms with Crippen LogP contribution < -0.4 is 0 Å². The molecule has 0 N–H and O–H groups in total. The summed E-state index contributed by atoms with van der Waals surface area (Å²) < 4.78 is 12.7. The Morgan fingerprint density at radius 1 is 1.24 bits per heavy atom. The van der Waals surface area contributed by atoms with Gasteiger partial charge in [0.2, 0.25) is 0 Å². The molecule has 0 unspecified atom stereocenters. The van der Waals surface area contributed by atoms with Crippen molar-refractivity contribution in [3.05, 3.63) is 18.7 Å². The molecular formula is C11H15N3O3. The molecule has 0 aliphatic carbocycles. The molecule has 1 amide bonds. The number of rotatable bonds is 0. The Morgan fingerprint density at radius 2 is 1.94 bits per heavy atom. The molecule has 0 bridgehead atoms. The molecule has 92 valence electrons. The van der Waals surface area contributed by atoms with Gasteiger partial charge in [0.25, 0.3) is 0 Å². The first kappa shape index (κ1) is 10.7. The molecule has 0 saturated carbocycles. The number of hydrogen-bond donors (Lipinski definition) is 0. The van der Waals surface area contributed by atoms with Crippen LogP contribution in [0, 0.1) is 0 Å². The first-order valence-electron chi connectivity index (χ1n) is 5.84. The van der Waals surface area contributed by atoms with Crippen LogP contribution in [0.15, 0.2) is 18.7 Å². The molecular weight excluding hydrogens is 222 g/mol. The van der Waals surface area contributed by atoms with Crippen LogP contribution in [0.1, 0.15) is 12.8 Å². The van der Waals surface area contributed by atoms with Crippen LogP contribution in [0.3, 0.4) is 0 Å². The monoisotopic (exact) mass is 237 g/mol. The molecule has 2 aliphatic rings. The molecule has 3 rings (SSSR count). The molecule has 2 aliphatic heterocycles. The maximum atomic E-state index is 12.0. The first-order valence-corrected chi connectivity index (χ1v) is 5.84. The van der Waals surface area contributed by atoms with Gasteiger partial charge in [0.15, 0.2) is 5.79 Å². The van der Waals surface area contributed by atoms with Gasteiger partial charge in [-0.05, 0) is 0 Å². The fourth-order valence-electron chi connectivity index (χ4n) is 2.36. The average Bonchev–Trinajstić information content (AvgIpc) is 3.01. The summed E-state index contributed by atoms with van der Waals surface area (Å²) in [6.07, 6.45) is 6.28. The number of hydrogen-bond acceptors (Lipinski definition) is 4. The van der Waals surface area contributed by atoms with E-state index in [1.807, 2.05) is 0 Å². The van der Waals surface area contributed by atoms with E-state index in [1.165, 1.54) is 10.9 Å². The highest BCUT2D eigenvalue weighted by Gasteiger charge is 2.40. The molecule has 6 nitrogen and oxygen atoms in total. The van der Waals surface area contributed by atoms with Crippen molar-refractivity contribution < 1.29 is 14.3 Å². The zero-order valence-electron chi connectivity index (χ0n) is 9.54. The van der Waals surface area contributed by atoms with Crippen molar-refractivity contribution in [1.82, 2.24) is 14.5 Å². The number of ether oxygens (including phenoxy) is 2. The largest absolute Gasteiger partial charge is 0.347 e. The van der Waals surface area contributed by atoms with Gasteiger partial charge >= 0.3 is 6.03 Å². The van der Waals surface area contributed by atoms with Crippen LogP contribution in [0.4, 0.5) is 4.79 Å². The summed E-state index contributed by atoms with van der Waals surface area (Å²) in [6.45, 7) is 2.65. The Balaban J connectivity index is 1.63. The Morgan fingerprint density at radius 3 is 2.53 bits per heavy atom. The minimum Gasteiger partial charge on any atom is -0.347 e. The highest BCUT2D eigenvalue weighted by atomic mass is 16.7. The molecule has 1 aromatic heterocycles. The molecule has 0 atom stereocenters.